The molecule has 0 aromatic heterocycles. The second kappa shape index (κ2) is 8.00. The number of carbonyl (C=O) groups is 1. The fourth-order valence-electron chi connectivity index (χ4n) is 4.46. The van der Waals surface area contributed by atoms with E-state index in [1.165, 1.54) is 49.0 Å². The van der Waals surface area contributed by atoms with E-state index in [9.17, 15) is 4.79 Å². The van der Waals surface area contributed by atoms with Gasteiger partial charge in [0.2, 0.25) is 0 Å². The topological polar surface area (TPSA) is 32.7 Å². The lowest BCUT2D eigenvalue weighted by Crippen LogP contribution is -2.31. The van der Waals surface area contributed by atoms with Gasteiger partial charge in [0.15, 0.2) is 5.78 Å². The molecule has 0 aliphatic carbocycles. The standard InChI is InChI=1S/C25H30N2O/c1-25(2)17-21-12-11-19(18-27-13-7-4-8-14-27)15-22(21)23(26-25)16-24(28)20-9-5-3-6-10-20/h3,5-6,9-12,15H,4,7-8,13-14,16-18H2,1-2H3. The van der Waals surface area contributed by atoms with Gasteiger partial charge in [-0.3, -0.25) is 14.7 Å². The summed E-state index contributed by atoms with van der Waals surface area (Å²) in [5.41, 5.74) is 5.38. The highest BCUT2D eigenvalue weighted by Gasteiger charge is 2.28. The minimum atomic E-state index is -0.159. The van der Waals surface area contributed by atoms with Gasteiger partial charge in [0.25, 0.3) is 0 Å². The fourth-order valence-corrected chi connectivity index (χ4v) is 4.46. The van der Waals surface area contributed by atoms with E-state index in [1.807, 2.05) is 30.3 Å². The Hall–Kier alpha value is -2.26. The molecule has 1 saturated heterocycles. The van der Waals surface area contributed by atoms with Crippen molar-refractivity contribution in [1.29, 1.82) is 0 Å². The molecular weight excluding hydrogens is 344 g/mol. The van der Waals surface area contributed by atoms with Crippen molar-refractivity contribution in [1.82, 2.24) is 4.90 Å². The van der Waals surface area contributed by atoms with E-state index in [0.29, 0.717) is 6.42 Å². The normalized spacial score (nSPS) is 19.0. The van der Waals surface area contributed by atoms with E-state index < -0.39 is 0 Å². The maximum Gasteiger partial charge on any atom is 0.168 e. The molecule has 2 heterocycles. The average Bonchev–Trinajstić information content (AvgIpc) is 2.69. The van der Waals surface area contributed by atoms with Gasteiger partial charge in [0.1, 0.15) is 0 Å². The highest BCUT2D eigenvalue weighted by atomic mass is 16.1. The van der Waals surface area contributed by atoms with Crippen molar-refractivity contribution >= 4 is 11.5 Å². The van der Waals surface area contributed by atoms with Gasteiger partial charge < -0.3 is 0 Å². The van der Waals surface area contributed by atoms with Crippen LogP contribution in [0.3, 0.4) is 0 Å². The molecule has 3 heteroatoms. The average molecular weight is 375 g/mol. The summed E-state index contributed by atoms with van der Waals surface area (Å²) in [7, 11) is 0. The van der Waals surface area contributed by atoms with Gasteiger partial charge in [0.05, 0.1) is 17.7 Å². The molecule has 0 spiro atoms. The number of aliphatic imine (C=N–C) groups is 1. The van der Waals surface area contributed by atoms with Gasteiger partial charge >= 0.3 is 0 Å². The summed E-state index contributed by atoms with van der Waals surface area (Å²) in [5, 5.41) is 0. The first-order valence-electron chi connectivity index (χ1n) is 10.5. The summed E-state index contributed by atoms with van der Waals surface area (Å²) in [4.78, 5) is 20.4. The maximum atomic E-state index is 12.8. The molecule has 4 rings (SSSR count). The minimum absolute atomic E-state index is 0.143. The Labute approximate surface area is 168 Å². The lowest BCUT2D eigenvalue weighted by molar-refractivity contribution is 0.100. The highest BCUT2D eigenvalue weighted by Crippen LogP contribution is 2.30. The number of hydrogen-bond donors (Lipinski definition) is 0. The molecular formula is C25H30N2O. The molecule has 3 nitrogen and oxygen atoms in total. The predicted molar refractivity (Wildman–Crippen MR) is 115 cm³/mol. The van der Waals surface area contributed by atoms with Gasteiger partial charge in [-0.2, -0.15) is 0 Å². The van der Waals surface area contributed by atoms with Crippen molar-refractivity contribution in [2.75, 3.05) is 13.1 Å². The first-order valence-corrected chi connectivity index (χ1v) is 10.5. The van der Waals surface area contributed by atoms with E-state index in [0.717, 1.165) is 24.2 Å². The van der Waals surface area contributed by atoms with Gasteiger partial charge in [-0.15, -0.1) is 0 Å². The molecule has 0 amide bonds. The monoisotopic (exact) mass is 374 g/mol. The predicted octanol–water partition coefficient (Wildman–Crippen LogP) is 5.07. The van der Waals surface area contributed by atoms with Crippen LogP contribution in [-0.4, -0.2) is 35.0 Å². The molecule has 0 N–H and O–H groups in total. The van der Waals surface area contributed by atoms with Crippen molar-refractivity contribution in [3.8, 4) is 0 Å². The van der Waals surface area contributed by atoms with Crippen molar-refractivity contribution in [2.45, 2.75) is 58.0 Å². The Balaban J connectivity index is 1.60. The molecule has 2 aliphatic heterocycles. The molecule has 146 valence electrons. The number of piperidine rings is 1. The zero-order valence-corrected chi connectivity index (χ0v) is 17.1. The summed E-state index contributed by atoms with van der Waals surface area (Å²) in [5.74, 6) is 0.143. The van der Waals surface area contributed by atoms with Crippen LogP contribution in [0.4, 0.5) is 0 Å². The largest absolute Gasteiger partial charge is 0.299 e. The zero-order chi connectivity index (χ0) is 19.6. The summed E-state index contributed by atoms with van der Waals surface area (Å²) in [6, 6.07) is 16.4. The first-order chi connectivity index (χ1) is 13.5. The number of likely N-dealkylation sites (tertiary alicyclic amines) is 1. The Kier molecular flexibility index (Phi) is 5.45. The van der Waals surface area contributed by atoms with Crippen LogP contribution in [0.15, 0.2) is 53.5 Å². The van der Waals surface area contributed by atoms with Crippen LogP contribution in [0, 0.1) is 0 Å². The number of ketones is 1. The molecule has 28 heavy (non-hydrogen) atoms. The number of rotatable bonds is 5. The van der Waals surface area contributed by atoms with Crippen LogP contribution in [0.1, 0.15) is 66.6 Å². The van der Waals surface area contributed by atoms with E-state index in [-0.39, 0.29) is 11.3 Å². The minimum Gasteiger partial charge on any atom is -0.299 e. The molecule has 0 radical (unpaired) electrons. The molecule has 0 atom stereocenters. The Bertz CT molecular complexity index is 877. The third kappa shape index (κ3) is 4.41. The summed E-state index contributed by atoms with van der Waals surface area (Å²) >= 11 is 0. The summed E-state index contributed by atoms with van der Waals surface area (Å²) < 4.78 is 0. The third-order valence-electron chi connectivity index (χ3n) is 5.82. The third-order valence-corrected chi connectivity index (χ3v) is 5.82. The first kappa shape index (κ1) is 19.1. The number of carbonyl (C=O) groups excluding carboxylic acids is 1. The molecule has 1 fully saturated rings. The van der Waals surface area contributed by atoms with Crippen LogP contribution >= 0.6 is 0 Å². The van der Waals surface area contributed by atoms with Gasteiger partial charge in [-0.1, -0.05) is 48.9 Å². The molecule has 0 saturated carbocycles. The van der Waals surface area contributed by atoms with Crippen LogP contribution < -0.4 is 0 Å². The maximum absolute atomic E-state index is 12.8. The number of nitrogens with zero attached hydrogens (tertiary/aromatic N) is 2. The van der Waals surface area contributed by atoms with Crippen LogP contribution in [0.2, 0.25) is 0 Å². The quantitative estimate of drug-likeness (QED) is 0.685. The summed E-state index contributed by atoms with van der Waals surface area (Å²) in [6.07, 6.45) is 5.26. The number of hydrogen-bond acceptors (Lipinski definition) is 3. The number of fused-ring (bicyclic) bond motifs is 1. The number of benzene rings is 2. The van der Waals surface area contributed by atoms with E-state index in [2.05, 4.69) is 36.9 Å². The lowest BCUT2D eigenvalue weighted by Gasteiger charge is -2.30. The lowest BCUT2D eigenvalue weighted by atomic mass is 9.84. The SMILES string of the molecule is CC1(C)Cc2ccc(CN3CCCCC3)cc2C(CC(=O)c2ccccc2)=N1. The van der Waals surface area contributed by atoms with Crippen molar-refractivity contribution in [3.63, 3.8) is 0 Å². The van der Waals surface area contributed by atoms with E-state index in [1.54, 1.807) is 0 Å². The van der Waals surface area contributed by atoms with Gasteiger partial charge in [-0.05, 0) is 69.0 Å². The fraction of sp³-hybridized carbons (Fsp3) is 0.440. The highest BCUT2D eigenvalue weighted by molar-refractivity contribution is 6.16. The molecule has 2 aromatic rings. The van der Waals surface area contributed by atoms with Crippen molar-refractivity contribution in [3.05, 3.63) is 70.8 Å². The Morgan fingerprint density at radius 1 is 1.04 bits per heavy atom. The van der Waals surface area contributed by atoms with Crippen LogP contribution in [-0.2, 0) is 13.0 Å². The second-order valence-electron chi connectivity index (χ2n) is 8.84. The van der Waals surface area contributed by atoms with Crippen LogP contribution in [0.25, 0.3) is 0 Å². The molecule has 0 bridgehead atoms. The Morgan fingerprint density at radius 3 is 2.54 bits per heavy atom. The smallest absolute Gasteiger partial charge is 0.168 e. The van der Waals surface area contributed by atoms with Crippen LogP contribution in [0.5, 0.6) is 0 Å². The summed E-state index contributed by atoms with van der Waals surface area (Å²) in [6.45, 7) is 7.70. The zero-order valence-electron chi connectivity index (χ0n) is 17.1. The molecule has 2 aliphatic rings. The van der Waals surface area contributed by atoms with E-state index in [4.69, 9.17) is 4.99 Å². The molecule has 0 unspecified atom stereocenters. The second-order valence-corrected chi connectivity index (χ2v) is 8.84. The van der Waals surface area contributed by atoms with Gasteiger partial charge in [0, 0.05) is 12.1 Å². The van der Waals surface area contributed by atoms with E-state index >= 15 is 0 Å². The van der Waals surface area contributed by atoms with Gasteiger partial charge in [-0.25, -0.2) is 0 Å². The molecule has 2 aromatic carbocycles. The van der Waals surface area contributed by atoms with Crippen molar-refractivity contribution < 1.29 is 4.79 Å². The van der Waals surface area contributed by atoms with Crippen molar-refractivity contribution in [2.24, 2.45) is 4.99 Å². The number of Topliss-reactive ketones (excluding diaryl/α,β-unsaturated/α-hetero) is 1. The Morgan fingerprint density at radius 2 is 1.79 bits per heavy atom.